The molecule has 0 aliphatic rings. The minimum absolute atomic E-state index is 0.117. The van der Waals surface area contributed by atoms with E-state index in [1.54, 1.807) is 0 Å². The van der Waals surface area contributed by atoms with Crippen LogP contribution in [0.2, 0.25) is 0 Å². The van der Waals surface area contributed by atoms with Crippen molar-refractivity contribution in [3.63, 3.8) is 0 Å². The highest BCUT2D eigenvalue weighted by Gasteiger charge is 2.26. The lowest BCUT2D eigenvalue weighted by atomic mass is 10.1. The summed E-state index contributed by atoms with van der Waals surface area (Å²) in [5, 5.41) is 56.4. The van der Waals surface area contributed by atoms with Crippen molar-refractivity contribution in [1.82, 2.24) is 0 Å². The predicted molar refractivity (Wildman–Crippen MR) is 85.8 cm³/mol. The van der Waals surface area contributed by atoms with Crippen molar-refractivity contribution in [3.05, 3.63) is 41.5 Å². The highest BCUT2D eigenvalue weighted by atomic mass is 16.4. The first-order valence-electron chi connectivity index (χ1n) is 6.96. The van der Waals surface area contributed by atoms with Gasteiger partial charge in [-0.05, 0) is 24.3 Å². The molecule has 0 aliphatic heterocycles. The van der Waals surface area contributed by atoms with E-state index in [9.17, 15) is 34.8 Å². The van der Waals surface area contributed by atoms with Crippen LogP contribution in [0.25, 0.3) is 0 Å². The van der Waals surface area contributed by atoms with Crippen molar-refractivity contribution in [2.24, 2.45) is 0 Å². The third kappa shape index (κ3) is 3.59. The zero-order valence-corrected chi connectivity index (χ0v) is 12.9. The molecule has 0 spiro atoms. The van der Waals surface area contributed by atoms with Gasteiger partial charge in [-0.3, -0.25) is 14.5 Å². The molecule has 0 saturated carbocycles. The standard InChI is InChI=1S/C16H13NO9/c18-10-2-1-7(3-13(10)21)17(6-14(22)23)15(24)8-4-12(20)9(16(25)26)5-11(8)19/h1-5,18-21H,6H2,(H,22,23)(H,25,26). The van der Waals surface area contributed by atoms with Crippen LogP contribution < -0.4 is 4.90 Å². The van der Waals surface area contributed by atoms with Crippen LogP contribution in [0.4, 0.5) is 5.69 Å². The Morgan fingerprint density at radius 1 is 0.769 bits per heavy atom. The average Bonchev–Trinajstić information content (AvgIpc) is 2.56. The van der Waals surface area contributed by atoms with Crippen LogP contribution in [0.15, 0.2) is 30.3 Å². The first-order chi connectivity index (χ1) is 12.1. The molecule has 0 saturated heterocycles. The van der Waals surface area contributed by atoms with E-state index < -0.39 is 58.5 Å². The van der Waals surface area contributed by atoms with E-state index in [4.69, 9.17) is 10.2 Å². The highest BCUT2D eigenvalue weighted by molar-refractivity contribution is 6.10. The van der Waals surface area contributed by atoms with Crippen molar-refractivity contribution in [2.45, 2.75) is 0 Å². The second-order valence-electron chi connectivity index (χ2n) is 5.15. The number of phenolic OH excluding ortho intramolecular Hbond substituents is 3. The first kappa shape index (κ1) is 18.4. The number of hydrogen-bond acceptors (Lipinski definition) is 7. The zero-order chi connectivity index (χ0) is 19.6. The van der Waals surface area contributed by atoms with Gasteiger partial charge in [-0.15, -0.1) is 0 Å². The topological polar surface area (TPSA) is 176 Å². The average molecular weight is 363 g/mol. The Hall–Kier alpha value is -3.95. The van der Waals surface area contributed by atoms with Gasteiger partial charge >= 0.3 is 11.9 Å². The van der Waals surface area contributed by atoms with Gasteiger partial charge in [-0.2, -0.15) is 0 Å². The largest absolute Gasteiger partial charge is 0.507 e. The maximum atomic E-state index is 12.6. The number of nitrogens with zero attached hydrogens (tertiary/aromatic N) is 1. The molecule has 0 atom stereocenters. The van der Waals surface area contributed by atoms with Crippen LogP contribution in [0.1, 0.15) is 20.7 Å². The summed E-state index contributed by atoms with van der Waals surface area (Å²) in [7, 11) is 0. The van der Waals surface area contributed by atoms with Crippen molar-refractivity contribution in [3.8, 4) is 23.0 Å². The smallest absolute Gasteiger partial charge is 0.339 e. The minimum Gasteiger partial charge on any atom is -0.507 e. The molecule has 2 rings (SSSR count). The molecule has 26 heavy (non-hydrogen) atoms. The summed E-state index contributed by atoms with van der Waals surface area (Å²) in [5.74, 6) is -6.74. The Morgan fingerprint density at radius 3 is 1.88 bits per heavy atom. The van der Waals surface area contributed by atoms with Gasteiger partial charge in [0.2, 0.25) is 0 Å². The van der Waals surface area contributed by atoms with Gasteiger partial charge in [0.15, 0.2) is 11.5 Å². The second-order valence-corrected chi connectivity index (χ2v) is 5.15. The molecule has 10 heteroatoms. The zero-order valence-electron chi connectivity index (χ0n) is 12.9. The normalized spacial score (nSPS) is 10.3. The number of phenols is 4. The van der Waals surface area contributed by atoms with E-state index in [0.29, 0.717) is 17.0 Å². The van der Waals surface area contributed by atoms with Gasteiger partial charge in [0, 0.05) is 11.8 Å². The van der Waals surface area contributed by atoms with E-state index >= 15 is 0 Å². The fourth-order valence-corrected chi connectivity index (χ4v) is 2.16. The number of carboxylic acids is 2. The van der Waals surface area contributed by atoms with Crippen molar-refractivity contribution >= 4 is 23.5 Å². The lowest BCUT2D eigenvalue weighted by molar-refractivity contribution is -0.135. The molecule has 0 bridgehead atoms. The van der Waals surface area contributed by atoms with Crippen molar-refractivity contribution < 1.29 is 45.0 Å². The van der Waals surface area contributed by atoms with E-state index in [0.717, 1.165) is 18.2 Å². The molecule has 0 unspecified atom stereocenters. The Kier molecular flexibility index (Phi) is 4.87. The number of benzene rings is 2. The van der Waals surface area contributed by atoms with Gasteiger partial charge in [-0.1, -0.05) is 0 Å². The maximum Gasteiger partial charge on any atom is 0.339 e. The number of carbonyl (C=O) groups is 3. The molecule has 2 aromatic carbocycles. The van der Waals surface area contributed by atoms with E-state index in [1.165, 1.54) is 0 Å². The van der Waals surface area contributed by atoms with E-state index in [-0.39, 0.29) is 5.69 Å². The minimum atomic E-state index is -1.54. The van der Waals surface area contributed by atoms with Crippen molar-refractivity contribution in [1.29, 1.82) is 0 Å². The number of carbonyl (C=O) groups excluding carboxylic acids is 1. The van der Waals surface area contributed by atoms with Gasteiger partial charge in [0.1, 0.15) is 23.6 Å². The summed E-state index contributed by atoms with van der Waals surface area (Å²) in [6, 6.07) is 4.45. The van der Waals surface area contributed by atoms with Crippen LogP contribution in [-0.4, -0.2) is 55.0 Å². The van der Waals surface area contributed by atoms with Crippen LogP contribution in [0.5, 0.6) is 23.0 Å². The van der Waals surface area contributed by atoms with Crippen LogP contribution >= 0.6 is 0 Å². The Bertz CT molecular complexity index is 907. The van der Waals surface area contributed by atoms with Crippen molar-refractivity contribution in [2.75, 3.05) is 11.4 Å². The molecule has 0 aliphatic carbocycles. The fraction of sp³-hybridized carbons (Fsp3) is 0.0625. The molecule has 0 heterocycles. The third-order valence-corrected chi connectivity index (χ3v) is 3.38. The lowest BCUT2D eigenvalue weighted by Crippen LogP contribution is -2.35. The number of aliphatic carboxylic acids is 1. The molecule has 1 amide bonds. The molecule has 136 valence electrons. The molecular weight excluding hydrogens is 350 g/mol. The Morgan fingerprint density at radius 2 is 1.35 bits per heavy atom. The summed E-state index contributed by atoms with van der Waals surface area (Å²) < 4.78 is 0. The van der Waals surface area contributed by atoms with Gasteiger partial charge < -0.3 is 30.6 Å². The highest BCUT2D eigenvalue weighted by Crippen LogP contribution is 2.33. The number of rotatable bonds is 5. The van der Waals surface area contributed by atoms with E-state index in [1.807, 2.05) is 0 Å². The molecule has 2 aromatic rings. The van der Waals surface area contributed by atoms with Crippen LogP contribution in [-0.2, 0) is 4.79 Å². The molecule has 0 radical (unpaired) electrons. The molecule has 10 nitrogen and oxygen atoms in total. The van der Waals surface area contributed by atoms with Crippen LogP contribution in [0, 0.1) is 0 Å². The van der Waals surface area contributed by atoms with E-state index in [2.05, 4.69) is 0 Å². The summed E-state index contributed by atoms with van der Waals surface area (Å²) in [5.41, 5.74) is -1.32. The SMILES string of the molecule is O=C(O)CN(C(=O)c1cc(O)c(C(=O)O)cc1O)c1ccc(O)c(O)c1. The molecule has 0 fully saturated rings. The maximum absolute atomic E-state index is 12.6. The van der Waals surface area contributed by atoms with Gasteiger partial charge in [-0.25, -0.2) is 4.79 Å². The fourth-order valence-electron chi connectivity index (χ4n) is 2.16. The molecule has 0 aromatic heterocycles. The molecular formula is C16H13NO9. The number of carboxylic acid groups (broad SMARTS) is 2. The summed E-state index contributed by atoms with van der Waals surface area (Å²) in [4.78, 5) is 35.3. The number of aromatic carboxylic acids is 1. The first-order valence-corrected chi connectivity index (χ1v) is 6.96. The Balaban J connectivity index is 2.53. The summed E-state index contributed by atoms with van der Waals surface area (Å²) in [6.45, 7) is -0.871. The monoisotopic (exact) mass is 363 g/mol. The number of hydrogen-bond donors (Lipinski definition) is 6. The number of aromatic hydroxyl groups is 4. The second kappa shape index (κ2) is 6.89. The lowest BCUT2D eigenvalue weighted by Gasteiger charge is -2.22. The number of amides is 1. The number of anilines is 1. The molecule has 6 N–H and O–H groups in total. The Labute approximate surface area is 145 Å². The van der Waals surface area contributed by atoms with Crippen LogP contribution in [0.3, 0.4) is 0 Å². The predicted octanol–water partition coefficient (Wildman–Crippen LogP) is 0.939. The summed E-state index contributed by atoms with van der Waals surface area (Å²) >= 11 is 0. The van der Waals surface area contributed by atoms with Gasteiger partial charge in [0.25, 0.3) is 5.91 Å². The summed E-state index contributed by atoms with van der Waals surface area (Å²) in [6.07, 6.45) is 0. The quantitative estimate of drug-likeness (QED) is 0.333. The third-order valence-electron chi connectivity index (χ3n) is 3.38. The van der Waals surface area contributed by atoms with Gasteiger partial charge in [0.05, 0.1) is 5.56 Å².